The normalized spacial score (nSPS) is 11.0. The van der Waals surface area contributed by atoms with E-state index in [9.17, 15) is 9.59 Å². The third-order valence-electron chi connectivity index (χ3n) is 5.88. The molecule has 5 aromatic rings. The fourth-order valence-corrected chi connectivity index (χ4v) is 4.51. The monoisotopic (exact) mass is 561 g/mol. The molecule has 3 aromatic heterocycles. The number of rotatable bonds is 7. The quantitative estimate of drug-likeness (QED) is 0.302. The number of nitrogens with one attached hydrogen (secondary N) is 1. The van der Waals surface area contributed by atoms with E-state index in [1.165, 1.54) is 21.7 Å². The highest BCUT2D eigenvalue weighted by atomic mass is 35.5. The van der Waals surface area contributed by atoms with E-state index >= 15 is 0 Å². The Morgan fingerprint density at radius 3 is 2.54 bits per heavy atom. The zero-order valence-electron chi connectivity index (χ0n) is 20.8. The number of primary amides is 1. The summed E-state index contributed by atoms with van der Waals surface area (Å²) in [5.41, 5.74) is 8.82. The number of aromatic nitrogens is 7. The lowest BCUT2D eigenvalue weighted by molar-refractivity contribution is 0.100. The number of nitrogens with two attached hydrogens (primary N) is 1. The van der Waals surface area contributed by atoms with Crippen LogP contribution >= 0.6 is 23.2 Å². The van der Waals surface area contributed by atoms with E-state index in [4.69, 9.17) is 28.9 Å². The van der Waals surface area contributed by atoms with Crippen molar-refractivity contribution < 1.29 is 9.59 Å². The van der Waals surface area contributed by atoms with Gasteiger partial charge in [0.2, 0.25) is 5.82 Å². The largest absolute Gasteiger partial charge is 0.366 e. The van der Waals surface area contributed by atoms with Crippen molar-refractivity contribution in [3.63, 3.8) is 0 Å². The lowest BCUT2D eigenvalue weighted by Crippen LogP contribution is -2.21. The number of halogens is 2. The Bertz CT molecular complexity index is 1730. The Balaban J connectivity index is 1.52. The van der Waals surface area contributed by atoms with Gasteiger partial charge in [0.1, 0.15) is 12.2 Å². The van der Waals surface area contributed by atoms with Crippen LogP contribution in [0.2, 0.25) is 10.0 Å². The van der Waals surface area contributed by atoms with Gasteiger partial charge in [-0.15, -0.1) is 10.2 Å². The van der Waals surface area contributed by atoms with Gasteiger partial charge < -0.3 is 11.1 Å². The van der Waals surface area contributed by atoms with Gasteiger partial charge in [-0.1, -0.05) is 47.5 Å². The van der Waals surface area contributed by atoms with Crippen LogP contribution in [0.4, 0.5) is 5.69 Å². The Kier molecular flexibility index (Phi) is 7.09. The summed E-state index contributed by atoms with van der Waals surface area (Å²) >= 11 is 12.5. The van der Waals surface area contributed by atoms with E-state index in [0.29, 0.717) is 22.1 Å². The minimum absolute atomic E-state index is 0.0751. The molecule has 0 atom stereocenters. The van der Waals surface area contributed by atoms with E-state index in [2.05, 4.69) is 30.8 Å². The molecule has 0 fully saturated rings. The van der Waals surface area contributed by atoms with E-state index in [-0.39, 0.29) is 34.3 Å². The number of aryl methyl sites for hydroxylation is 2. The molecule has 0 aliphatic rings. The van der Waals surface area contributed by atoms with E-state index in [1.54, 1.807) is 31.2 Å². The molecule has 0 radical (unpaired) electrons. The van der Waals surface area contributed by atoms with Crippen molar-refractivity contribution in [1.29, 1.82) is 0 Å². The molecule has 0 bridgehead atoms. The van der Waals surface area contributed by atoms with Crippen LogP contribution in [-0.2, 0) is 6.54 Å². The van der Waals surface area contributed by atoms with Gasteiger partial charge in [0.05, 0.1) is 22.0 Å². The van der Waals surface area contributed by atoms with Crippen LogP contribution in [0.3, 0.4) is 0 Å². The molecule has 0 saturated heterocycles. The van der Waals surface area contributed by atoms with Crippen LogP contribution in [0, 0.1) is 13.8 Å². The molecule has 196 valence electrons. The summed E-state index contributed by atoms with van der Waals surface area (Å²) in [5, 5.41) is 20.7. The van der Waals surface area contributed by atoms with Crippen molar-refractivity contribution in [3.05, 3.63) is 98.9 Å². The number of benzene rings is 2. The molecule has 2 aromatic carbocycles. The van der Waals surface area contributed by atoms with Crippen molar-refractivity contribution in [2.75, 3.05) is 5.32 Å². The molecule has 2 amide bonds. The lowest BCUT2D eigenvalue weighted by atomic mass is 10.1. The third kappa shape index (κ3) is 5.35. The van der Waals surface area contributed by atoms with Crippen LogP contribution < -0.4 is 11.1 Å². The smallest absolute Gasteiger partial charge is 0.274 e. The van der Waals surface area contributed by atoms with Gasteiger partial charge in [0.15, 0.2) is 5.82 Å². The van der Waals surface area contributed by atoms with Crippen LogP contribution in [-0.4, -0.2) is 46.8 Å². The van der Waals surface area contributed by atoms with Gasteiger partial charge in [-0.05, 0) is 60.5 Å². The average molecular weight is 562 g/mol. The Morgan fingerprint density at radius 2 is 1.79 bits per heavy atom. The van der Waals surface area contributed by atoms with Gasteiger partial charge in [-0.25, -0.2) is 9.67 Å². The number of carbonyl (C=O) groups excluding carboxylic acids is 2. The summed E-state index contributed by atoms with van der Waals surface area (Å²) in [6.45, 7) is 3.78. The molecule has 5 rings (SSSR count). The fourth-order valence-electron chi connectivity index (χ4n) is 4.03. The van der Waals surface area contributed by atoms with E-state index in [0.717, 1.165) is 11.1 Å². The minimum Gasteiger partial charge on any atom is -0.366 e. The zero-order valence-corrected chi connectivity index (χ0v) is 22.3. The van der Waals surface area contributed by atoms with Crippen molar-refractivity contribution in [1.82, 2.24) is 35.0 Å². The Hall–Kier alpha value is -4.61. The number of nitrogens with zero attached hydrogens (tertiary/aromatic N) is 7. The Labute approximate surface area is 232 Å². The molecule has 0 saturated carbocycles. The number of pyridine rings is 1. The predicted octanol–water partition coefficient (Wildman–Crippen LogP) is 4.24. The van der Waals surface area contributed by atoms with Gasteiger partial charge in [0.25, 0.3) is 11.8 Å². The average Bonchev–Trinajstić information content (AvgIpc) is 3.53. The lowest BCUT2D eigenvalue weighted by Gasteiger charge is -2.13. The molecule has 11 nitrogen and oxygen atoms in total. The van der Waals surface area contributed by atoms with Gasteiger partial charge in [-0.3, -0.25) is 9.59 Å². The van der Waals surface area contributed by atoms with Crippen molar-refractivity contribution in [3.8, 4) is 17.2 Å². The maximum absolute atomic E-state index is 13.5. The van der Waals surface area contributed by atoms with Crippen molar-refractivity contribution >= 4 is 40.7 Å². The first-order valence-corrected chi connectivity index (χ1v) is 12.4. The number of hydrogen-bond donors (Lipinski definition) is 2. The third-order valence-corrected chi connectivity index (χ3v) is 6.39. The van der Waals surface area contributed by atoms with Crippen LogP contribution in [0.1, 0.15) is 37.7 Å². The molecule has 39 heavy (non-hydrogen) atoms. The van der Waals surface area contributed by atoms with Crippen LogP contribution in [0.25, 0.3) is 17.2 Å². The van der Waals surface area contributed by atoms with Crippen molar-refractivity contribution in [2.45, 2.75) is 20.4 Å². The highest BCUT2D eigenvalue weighted by Gasteiger charge is 2.23. The van der Waals surface area contributed by atoms with Gasteiger partial charge >= 0.3 is 0 Å². The summed E-state index contributed by atoms with van der Waals surface area (Å²) in [6.07, 6.45) is 1.53. The minimum atomic E-state index is -0.736. The molecule has 0 unspecified atom stereocenters. The van der Waals surface area contributed by atoms with Gasteiger partial charge in [-0.2, -0.15) is 9.90 Å². The molecular formula is C26H21Cl2N9O2. The molecule has 0 spiro atoms. The molecule has 13 heteroatoms. The highest BCUT2D eigenvalue weighted by molar-refractivity contribution is 6.32. The van der Waals surface area contributed by atoms with Crippen LogP contribution in [0.15, 0.2) is 60.8 Å². The highest BCUT2D eigenvalue weighted by Crippen LogP contribution is 2.27. The van der Waals surface area contributed by atoms with Crippen LogP contribution in [0.5, 0.6) is 0 Å². The SMILES string of the molecule is Cc1ccccc1-c1nnn(Cc2cc(C(=O)Nc3c(C)cc(Cl)cc3C(N)=O)n(-c3ncccc3Cl)n2)n1. The summed E-state index contributed by atoms with van der Waals surface area (Å²) in [6, 6.07) is 15.6. The summed E-state index contributed by atoms with van der Waals surface area (Å²) in [4.78, 5) is 31.3. The maximum atomic E-state index is 13.5. The maximum Gasteiger partial charge on any atom is 0.274 e. The first-order valence-electron chi connectivity index (χ1n) is 11.7. The topological polar surface area (TPSA) is 146 Å². The number of amides is 2. The first kappa shape index (κ1) is 26.0. The van der Waals surface area contributed by atoms with Crippen molar-refractivity contribution in [2.24, 2.45) is 5.73 Å². The molecule has 3 heterocycles. The molecule has 0 aliphatic carbocycles. The zero-order chi connectivity index (χ0) is 27.7. The number of anilines is 1. The molecular weight excluding hydrogens is 541 g/mol. The second-order valence-electron chi connectivity index (χ2n) is 8.66. The van der Waals surface area contributed by atoms with E-state index < -0.39 is 11.8 Å². The number of tetrazole rings is 1. The number of carbonyl (C=O) groups is 2. The fraction of sp³-hybridized carbons (Fsp3) is 0.115. The summed E-state index contributed by atoms with van der Waals surface area (Å²) < 4.78 is 1.32. The summed E-state index contributed by atoms with van der Waals surface area (Å²) in [5.74, 6) is -0.601. The summed E-state index contributed by atoms with van der Waals surface area (Å²) in [7, 11) is 0. The Morgan fingerprint density at radius 1 is 1.00 bits per heavy atom. The molecule has 0 aliphatic heterocycles. The van der Waals surface area contributed by atoms with Gasteiger partial charge in [0, 0.05) is 16.8 Å². The molecule has 3 N–H and O–H groups in total. The van der Waals surface area contributed by atoms with E-state index in [1.807, 2.05) is 31.2 Å². The first-order chi connectivity index (χ1) is 18.7. The number of hydrogen-bond acceptors (Lipinski definition) is 7. The second kappa shape index (κ2) is 10.6. The predicted molar refractivity (Wildman–Crippen MR) is 146 cm³/mol. The standard InChI is InChI=1S/C26H21Cl2N9O2/c1-14-6-3-4-7-18(14)24-32-35-36(34-24)13-17-12-21(37(33-17)25-20(28)8-5-9-30-25)26(39)31-22-15(2)10-16(27)11-19(22)23(29)38/h3-12H,13H2,1-2H3,(H2,29,38)(H,31,39). The second-order valence-corrected chi connectivity index (χ2v) is 9.51.